The minimum absolute atomic E-state index is 0.389. The second-order valence-electron chi connectivity index (χ2n) is 5.44. The van der Waals surface area contributed by atoms with Gasteiger partial charge in [-0.2, -0.15) is 0 Å². The highest BCUT2D eigenvalue weighted by Crippen LogP contribution is 2.40. The van der Waals surface area contributed by atoms with Gasteiger partial charge in [-0.15, -0.1) is 0 Å². The zero-order chi connectivity index (χ0) is 12.1. The van der Waals surface area contributed by atoms with Crippen LogP contribution in [0.5, 0.6) is 0 Å². The predicted molar refractivity (Wildman–Crippen MR) is 66.6 cm³/mol. The van der Waals surface area contributed by atoms with Crippen LogP contribution in [0.15, 0.2) is 0 Å². The molecule has 4 nitrogen and oxygen atoms in total. The summed E-state index contributed by atoms with van der Waals surface area (Å²) in [5, 5.41) is 3.48. The molecular formula is C13H24N2O2. The average molecular weight is 240 g/mol. The molecule has 1 amide bonds. The number of primary amides is 1. The van der Waals surface area contributed by atoms with Crippen molar-refractivity contribution in [3.05, 3.63) is 0 Å². The molecule has 0 radical (unpaired) electrons. The van der Waals surface area contributed by atoms with Gasteiger partial charge in [-0.05, 0) is 31.1 Å². The van der Waals surface area contributed by atoms with Gasteiger partial charge < -0.3 is 15.8 Å². The van der Waals surface area contributed by atoms with Gasteiger partial charge in [0.2, 0.25) is 0 Å². The standard InChI is InChI=1S/C13H24N2O2/c14-13(16)17-8-7-15-12-6-5-10-3-1-2-4-11(10)9-12/h10-12,15H,1-9H2,(H2,14,16). The number of fused-ring (bicyclic) bond motifs is 1. The van der Waals surface area contributed by atoms with Gasteiger partial charge >= 0.3 is 6.09 Å². The molecule has 0 saturated heterocycles. The summed E-state index contributed by atoms with van der Waals surface area (Å²) in [6.45, 7) is 1.12. The van der Waals surface area contributed by atoms with Crippen molar-refractivity contribution in [1.82, 2.24) is 5.32 Å². The van der Waals surface area contributed by atoms with Crippen molar-refractivity contribution in [2.24, 2.45) is 17.6 Å². The normalized spacial score (nSPS) is 32.8. The Balaban J connectivity index is 1.64. The molecule has 2 rings (SSSR count). The van der Waals surface area contributed by atoms with Crippen LogP contribution in [0.1, 0.15) is 44.9 Å². The highest BCUT2D eigenvalue weighted by atomic mass is 16.5. The number of carbonyl (C=O) groups is 1. The van der Waals surface area contributed by atoms with E-state index in [1.54, 1.807) is 0 Å². The fourth-order valence-corrected chi connectivity index (χ4v) is 3.47. The van der Waals surface area contributed by atoms with Crippen molar-refractivity contribution in [1.29, 1.82) is 0 Å². The fourth-order valence-electron chi connectivity index (χ4n) is 3.47. The largest absolute Gasteiger partial charge is 0.448 e. The molecule has 3 unspecified atom stereocenters. The third kappa shape index (κ3) is 3.87. The van der Waals surface area contributed by atoms with E-state index in [9.17, 15) is 4.79 Å². The average Bonchev–Trinajstić information content (AvgIpc) is 2.34. The Morgan fingerprint density at radius 1 is 1.18 bits per heavy atom. The van der Waals surface area contributed by atoms with Gasteiger partial charge in [0.1, 0.15) is 6.61 Å². The van der Waals surface area contributed by atoms with Crippen molar-refractivity contribution in [2.45, 2.75) is 51.0 Å². The minimum Gasteiger partial charge on any atom is -0.448 e. The van der Waals surface area contributed by atoms with Crippen LogP contribution < -0.4 is 11.1 Å². The summed E-state index contributed by atoms with van der Waals surface area (Å²) in [7, 11) is 0. The van der Waals surface area contributed by atoms with E-state index in [2.05, 4.69) is 5.32 Å². The zero-order valence-corrected chi connectivity index (χ0v) is 10.5. The molecule has 0 aromatic heterocycles. The van der Waals surface area contributed by atoms with Crippen molar-refractivity contribution in [2.75, 3.05) is 13.2 Å². The van der Waals surface area contributed by atoms with Crippen molar-refractivity contribution >= 4 is 6.09 Å². The number of ether oxygens (including phenoxy) is 1. The molecule has 2 aliphatic carbocycles. The van der Waals surface area contributed by atoms with E-state index >= 15 is 0 Å². The van der Waals surface area contributed by atoms with Gasteiger partial charge in [0.05, 0.1) is 0 Å². The van der Waals surface area contributed by atoms with Crippen molar-refractivity contribution < 1.29 is 9.53 Å². The van der Waals surface area contributed by atoms with Gasteiger partial charge in [0.15, 0.2) is 0 Å². The first kappa shape index (κ1) is 12.7. The summed E-state index contributed by atoms with van der Waals surface area (Å²) in [6.07, 6.45) is 8.99. The Kier molecular flexibility index (Phi) is 4.66. The molecule has 0 heterocycles. The number of hydrogen-bond donors (Lipinski definition) is 2. The second-order valence-corrected chi connectivity index (χ2v) is 5.44. The van der Waals surface area contributed by atoms with Gasteiger partial charge in [-0.1, -0.05) is 25.7 Å². The van der Waals surface area contributed by atoms with Gasteiger partial charge in [0.25, 0.3) is 0 Å². The summed E-state index contributed by atoms with van der Waals surface area (Å²) in [6, 6.07) is 0.617. The molecular weight excluding hydrogens is 216 g/mol. The van der Waals surface area contributed by atoms with Crippen LogP contribution in [0, 0.1) is 11.8 Å². The summed E-state index contributed by atoms with van der Waals surface area (Å²) < 4.78 is 4.72. The van der Waals surface area contributed by atoms with Crippen LogP contribution in [0.2, 0.25) is 0 Å². The van der Waals surface area contributed by atoms with E-state index in [0.717, 1.165) is 18.4 Å². The molecule has 0 aliphatic heterocycles. The van der Waals surface area contributed by atoms with Crippen LogP contribution in [-0.2, 0) is 4.74 Å². The van der Waals surface area contributed by atoms with E-state index in [-0.39, 0.29) is 0 Å². The maximum Gasteiger partial charge on any atom is 0.404 e. The highest BCUT2D eigenvalue weighted by Gasteiger charge is 2.31. The Morgan fingerprint density at radius 2 is 1.94 bits per heavy atom. The van der Waals surface area contributed by atoms with Crippen molar-refractivity contribution in [3.8, 4) is 0 Å². The number of nitrogens with one attached hydrogen (secondary N) is 1. The van der Waals surface area contributed by atoms with E-state index in [1.807, 2.05) is 0 Å². The number of rotatable bonds is 4. The molecule has 3 atom stereocenters. The lowest BCUT2D eigenvalue weighted by Gasteiger charge is -2.39. The summed E-state index contributed by atoms with van der Waals surface area (Å²) in [5.41, 5.74) is 4.91. The van der Waals surface area contributed by atoms with Gasteiger partial charge in [0, 0.05) is 12.6 Å². The topological polar surface area (TPSA) is 64.4 Å². The Hall–Kier alpha value is -0.770. The molecule has 2 saturated carbocycles. The lowest BCUT2D eigenvalue weighted by molar-refractivity contribution is 0.132. The van der Waals surface area contributed by atoms with Crippen molar-refractivity contribution in [3.63, 3.8) is 0 Å². The number of carbonyl (C=O) groups excluding carboxylic acids is 1. The van der Waals surface area contributed by atoms with Crippen LogP contribution in [0.25, 0.3) is 0 Å². The third-order valence-corrected chi connectivity index (χ3v) is 4.32. The first-order chi connectivity index (χ1) is 8.25. The lowest BCUT2D eigenvalue weighted by Crippen LogP contribution is -2.40. The highest BCUT2D eigenvalue weighted by molar-refractivity contribution is 5.64. The first-order valence-corrected chi connectivity index (χ1v) is 6.91. The van der Waals surface area contributed by atoms with E-state index in [0.29, 0.717) is 12.6 Å². The van der Waals surface area contributed by atoms with Gasteiger partial charge in [-0.3, -0.25) is 0 Å². The maximum absolute atomic E-state index is 10.4. The van der Waals surface area contributed by atoms with E-state index < -0.39 is 6.09 Å². The quantitative estimate of drug-likeness (QED) is 0.739. The smallest absolute Gasteiger partial charge is 0.404 e. The number of nitrogens with two attached hydrogens (primary N) is 1. The van der Waals surface area contributed by atoms with Crippen LogP contribution in [-0.4, -0.2) is 25.3 Å². The Labute approximate surface area is 103 Å². The summed E-state index contributed by atoms with van der Waals surface area (Å²) >= 11 is 0. The minimum atomic E-state index is -0.678. The maximum atomic E-state index is 10.4. The van der Waals surface area contributed by atoms with E-state index in [1.165, 1.54) is 44.9 Å². The lowest BCUT2D eigenvalue weighted by atomic mass is 9.69. The SMILES string of the molecule is NC(=O)OCCNC1CCC2CCCCC2C1. The first-order valence-electron chi connectivity index (χ1n) is 6.91. The molecule has 0 bridgehead atoms. The number of amides is 1. The molecule has 0 aromatic rings. The van der Waals surface area contributed by atoms with Gasteiger partial charge in [-0.25, -0.2) is 4.79 Å². The summed E-state index contributed by atoms with van der Waals surface area (Å²) in [4.78, 5) is 10.4. The van der Waals surface area contributed by atoms with Crippen LogP contribution in [0.4, 0.5) is 4.79 Å². The second kappa shape index (κ2) is 6.24. The molecule has 98 valence electrons. The Bertz CT molecular complexity index is 258. The zero-order valence-electron chi connectivity index (χ0n) is 10.5. The third-order valence-electron chi connectivity index (χ3n) is 4.32. The molecule has 2 fully saturated rings. The van der Waals surface area contributed by atoms with E-state index in [4.69, 9.17) is 10.5 Å². The number of hydrogen-bond acceptors (Lipinski definition) is 3. The molecule has 4 heteroatoms. The monoisotopic (exact) mass is 240 g/mol. The predicted octanol–water partition coefficient (Wildman–Crippen LogP) is 2.03. The molecule has 17 heavy (non-hydrogen) atoms. The molecule has 2 aliphatic rings. The van der Waals surface area contributed by atoms with Crippen LogP contribution in [0.3, 0.4) is 0 Å². The molecule has 0 aromatic carbocycles. The molecule has 0 spiro atoms. The fraction of sp³-hybridized carbons (Fsp3) is 0.923. The molecule has 3 N–H and O–H groups in total. The van der Waals surface area contributed by atoms with Crippen LogP contribution >= 0.6 is 0 Å². The Morgan fingerprint density at radius 3 is 2.71 bits per heavy atom. The summed E-state index contributed by atoms with van der Waals surface area (Å²) in [5.74, 6) is 1.93.